The van der Waals surface area contributed by atoms with Gasteiger partial charge in [0.15, 0.2) is 0 Å². The molecule has 3 nitrogen and oxygen atoms in total. The van der Waals surface area contributed by atoms with Gasteiger partial charge in [-0.15, -0.1) is 0 Å². The van der Waals surface area contributed by atoms with E-state index < -0.39 is 0 Å². The zero-order chi connectivity index (χ0) is 22.1. The number of rotatable bonds is 2. The van der Waals surface area contributed by atoms with E-state index in [1.165, 1.54) is 71.6 Å². The zero-order valence-corrected chi connectivity index (χ0v) is 20.2. The van der Waals surface area contributed by atoms with E-state index in [1.807, 2.05) is 0 Å². The molecule has 1 aliphatic carbocycles. The van der Waals surface area contributed by atoms with E-state index in [9.17, 15) is 0 Å². The highest BCUT2D eigenvalue weighted by Gasteiger charge is 2.54. The van der Waals surface area contributed by atoms with Crippen LogP contribution in [0.5, 0.6) is 0 Å². The smallest absolute Gasteiger partial charge is 0.367 e. The molecule has 6 rings (SSSR count). The SMILES string of the molecule is Cc1cccc2c1-c1n3c(c[n+]1C)C(C)c1cccc(C(C)C)c1B3N2C1CCCCC1. The number of anilines is 1. The monoisotopic (exact) mass is 424 g/mol. The molecule has 1 saturated carbocycles. The summed E-state index contributed by atoms with van der Waals surface area (Å²) in [6.07, 6.45) is 9.09. The van der Waals surface area contributed by atoms with Crippen molar-refractivity contribution >= 4 is 18.1 Å². The highest BCUT2D eigenvalue weighted by molar-refractivity contribution is 6.77. The molecule has 0 N–H and O–H groups in total. The van der Waals surface area contributed by atoms with Crippen LogP contribution in [-0.2, 0) is 7.05 Å². The van der Waals surface area contributed by atoms with Gasteiger partial charge in [-0.25, -0.2) is 4.57 Å². The first kappa shape index (κ1) is 20.1. The van der Waals surface area contributed by atoms with Gasteiger partial charge in [-0.05, 0) is 48.4 Å². The second-order valence-corrected chi connectivity index (χ2v) is 10.6. The normalized spacial score (nSPS) is 19.8. The maximum atomic E-state index is 2.84. The highest BCUT2D eigenvalue weighted by Crippen LogP contribution is 2.45. The molecule has 2 aromatic carbocycles. The summed E-state index contributed by atoms with van der Waals surface area (Å²) in [5.74, 6) is 2.29. The summed E-state index contributed by atoms with van der Waals surface area (Å²) in [4.78, 5) is 2.84. The second kappa shape index (κ2) is 7.26. The van der Waals surface area contributed by atoms with Crippen molar-refractivity contribution in [2.24, 2.45) is 7.05 Å². The fourth-order valence-corrected chi connectivity index (χ4v) is 6.87. The van der Waals surface area contributed by atoms with Gasteiger partial charge in [0.2, 0.25) is 0 Å². The van der Waals surface area contributed by atoms with Crippen molar-refractivity contribution in [1.29, 1.82) is 0 Å². The summed E-state index contributed by atoms with van der Waals surface area (Å²) in [6, 6.07) is 14.6. The maximum Gasteiger partial charge on any atom is 0.538 e. The van der Waals surface area contributed by atoms with Crippen molar-refractivity contribution < 1.29 is 4.57 Å². The molecule has 3 aromatic rings. The molecule has 1 aromatic heterocycles. The van der Waals surface area contributed by atoms with Crippen LogP contribution in [0.4, 0.5) is 5.69 Å². The third kappa shape index (κ3) is 2.65. The van der Waals surface area contributed by atoms with Crippen LogP contribution in [0.25, 0.3) is 11.4 Å². The molecule has 1 unspecified atom stereocenters. The van der Waals surface area contributed by atoms with Gasteiger partial charge in [-0.2, -0.15) is 0 Å². The average molecular weight is 424 g/mol. The van der Waals surface area contributed by atoms with Crippen LogP contribution in [0.2, 0.25) is 0 Å². The van der Waals surface area contributed by atoms with Crippen LogP contribution in [0.3, 0.4) is 0 Å². The van der Waals surface area contributed by atoms with Gasteiger partial charge < -0.3 is 4.81 Å². The van der Waals surface area contributed by atoms with E-state index in [2.05, 4.69) is 91.2 Å². The largest absolute Gasteiger partial charge is 0.538 e. The van der Waals surface area contributed by atoms with Crippen molar-refractivity contribution in [3.8, 4) is 11.4 Å². The Morgan fingerprint density at radius 3 is 2.53 bits per heavy atom. The predicted octanol–water partition coefficient (Wildman–Crippen LogP) is 5.27. The van der Waals surface area contributed by atoms with Crippen LogP contribution in [0, 0.1) is 6.92 Å². The number of aromatic nitrogens is 2. The molecule has 164 valence electrons. The second-order valence-electron chi connectivity index (χ2n) is 10.6. The molecule has 0 radical (unpaired) electrons. The maximum absolute atomic E-state index is 2.84. The molecule has 3 aliphatic rings. The topological polar surface area (TPSA) is 12.0 Å². The third-order valence-corrected chi connectivity index (χ3v) is 8.36. The summed E-state index contributed by atoms with van der Waals surface area (Å²) in [5, 5.41) is 0. The Balaban J connectivity index is 1.71. The van der Waals surface area contributed by atoms with Crippen molar-refractivity contribution in [1.82, 2.24) is 4.48 Å². The van der Waals surface area contributed by atoms with E-state index in [0.29, 0.717) is 17.9 Å². The fourth-order valence-electron chi connectivity index (χ4n) is 6.87. The van der Waals surface area contributed by atoms with E-state index in [-0.39, 0.29) is 6.98 Å². The molecule has 3 heterocycles. The Kier molecular flexibility index (Phi) is 4.57. The lowest BCUT2D eigenvalue weighted by Crippen LogP contribution is -2.64. The lowest BCUT2D eigenvalue weighted by molar-refractivity contribution is -0.659. The Bertz CT molecular complexity index is 1200. The molecule has 0 amide bonds. The third-order valence-electron chi connectivity index (χ3n) is 8.36. The van der Waals surface area contributed by atoms with E-state index in [4.69, 9.17) is 0 Å². The Morgan fingerprint density at radius 2 is 1.78 bits per heavy atom. The number of hydrogen-bond acceptors (Lipinski definition) is 1. The molecule has 1 fully saturated rings. The number of imidazole rings is 1. The molecule has 4 heteroatoms. The first-order valence-electron chi connectivity index (χ1n) is 12.6. The highest BCUT2D eigenvalue weighted by atomic mass is 15.3. The van der Waals surface area contributed by atoms with Gasteiger partial charge in [0.05, 0.1) is 12.6 Å². The molecule has 0 saturated heterocycles. The number of benzene rings is 2. The molecule has 2 aliphatic heterocycles. The first-order chi connectivity index (χ1) is 15.5. The zero-order valence-electron chi connectivity index (χ0n) is 20.2. The summed E-state index contributed by atoms with van der Waals surface area (Å²) >= 11 is 0. The molecule has 32 heavy (non-hydrogen) atoms. The Morgan fingerprint density at radius 1 is 1.03 bits per heavy atom. The average Bonchev–Trinajstić information content (AvgIpc) is 3.14. The number of aryl methyl sites for hydroxylation is 2. The lowest BCUT2D eigenvalue weighted by Gasteiger charge is -2.44. The van der Waals surface area contributed by atoms with Crippen molar-refractivity contribution in [2.75, 3.05) is 4.81 Å². The summed E-state index contributed by atoms with van der Waals surface area (Å²) in [7, 11) is 2.24. The first-order valence-corrected chi connectivity index (χ1v) is 12.6. The van der Waals surface area contributed by atoms with Gasteiger partial charge in [0.1, 0.15) is 11.9 Å². The minimum Gasteiger partial charge on any atom is -0.367 e. The van der Waals surface area contributed by atoms with Gasteiger partial charge >= 0.3 is 6.98 Å². The number of nitrogens with zero attached hydrogens (tertiary/aromatic N) is 3. The molecule has 1 atom stereocenters. The minimum absolute atomic E-state index is 0.253. The van der Waals surface area contributed by atoms with Crippen molar-refractivity contribution in [3.05, 3.63) is 65.0 Å². The number of hydrogen-bond donors (Lipinski definition) is 0. The van der Waals surface area contributed by atoms with Gasteiger partial charge in [0.25, 0.3) is 5.82 Å². The van der Waals surface area contributed by atoms with Crippen LogP contribution >= 0.6 is 0 Å². The van der Waals surface area contributed by atoms with Crippen molar-refractivity contribution in [2.45, 2.75) is 77.7 Å². The molecule has 0 spiro atoms. The summed E-state index contributed by atoms with van der Waals surface area (Å²) in [6.45, 7) is 9.66. The van der Waals surface area contributed by atoms with E-state index >= 15 is 0 Å². The Labute approximate surface area is 193 Å². The lowest BCUT2D eigenvalue weighted by atomic mass is 9.54. The summed E-state index contributed by atoms with van der Waals surface area (Å²) in [5.41, 5.74) is 10.3. The Hall–Kier alpha value is -2.49. The van der Waals surface area contributed by atoms with Gasteiger partial charge in [-0.1, -0.05) is 70.4 Å². The van der Waals surface area contributed by atoms with Crippen molar-refractivity contribution in [3.63, 3.8) is 0 Å². The molecule has 0 bridgehead atoms. The van der Waals surface area contributed by atoms with E-state index in [1.54, 1.807) is 5.46 Å². The van der Waals surface area contributed by atoms with E-state index in [0.717, 1.165) is 0 Å². The van der Waals surface area contributed by atoms with Gasteiger partial charge in [0, 0.05) is 23.1 Å². The molecular formula is C28H35BN3+. The number of fused-ring (bicyclic) bond motifs is 4. The minimum atomic E-state index is 0.253. The van der Waals surface area contributed by atoms with Crippen LogP contribution in [0.15, 0.2) is 42.6 Å². The summed E-state index contributed by atoms with van der Waals surface area (Å²) < 4.78 is 5.10. The van der Waals surface area contributed by atoms with Gasteiger partial charge in [-0.3, -0.25) is 4.48 Å². The van der Waals surface area contributed by atoms with Crippen LogP contribution in [0.1, 0.15) is 87.1 Å². The standard InChI is InChI=1S/C28H35BN3/c1-18(2)22-14-10-15-23-20(4)25-17-30(5)28-26-19(3)11-9-16-24(26)31(21-12-7-6-8-13-21)29(27(22)23)32(25)28/h9-11,14-18,20-21H,6-8,12-13H2,1-5H3/q+1. The van der Waals surface area contributed by atoms with Crippen LogP contribution in [-0.4, -0.2) is 17.5 Å². The quantitative estimate of drug-likeness (QED) is 0.403. The fraction of sp³-hybridized carbons (Fsp3) is 0.464. The predicted molar refractivity (Wildman–Crippen MR) is 134 cm³/mol. The molecular weight excluding hydrogens is 389 g/mol. The van der Waals surface area contributed by atoms with Crippen LogP contribution < -0.4 is 14.8 Å².